The van der Waals surface area contributed by atoms with Crippen molar-refractivity contribution in [3.8, 4) is 5.75 Å². The Morgan fingerprint density at radius 3 is 2.41 bits per heavy atom. The molecule has 2 aromatic rings. The van der Waals surface area contributed by atoms with E-state index in [1.807, 2.05) is 0 Å². The molecular formula is C17H15Cl2F3N2O5. The summed E-state index contributed by atoms with van der Waals surface area (Å²) < 4.78 is 44.6. The predicted molar refractivity (Wildman–Crippen MR) is 100.0 cm³/mol. The number of rotatable bonds is 7. The SMILES string of the molecule is C[C@@](O)(COc1ccc(Cl)c(Cl)c1)C(=O)Nc1ccc(NOO)c(C(F)(F)F)c1. The second-order valence-electron chi connectivity index (χ2n) is 6.04. The van der Waals surface area contributed by atoms with Crippen LogP contribution in [0.3, 0.4) is 0 Å². The number of nitrogens with one attached hydrogen (secondary N) is 2. The third kappa shape index (κ3) is 6.12. The van der Waals surface area contributed by atoms with Gasteiger partial charge >= 0.3 is 6.18 Å². The summed E-state index contributed by atoms with van der Waals surface area (Å²) in [6.07, 6.45) is -4.80. The average molecular weight is 455 g/mol. The lowest BCUT2D eigenvalue weighted by molar-refractivity contribution is -0.216. The lowest BCUT2D eigenvalue weighted by atomic mass is 10.1. The van der Waals surface area contributed by atoms with Gasteiger partial charge in [0.15, 0.2) is 5.60 Å². The molecule has 158 valence electrons. The number of hydrogen-bond donors (Lipinski definition) is 4. The van der Waals surface area contributed by atoms with Gasteiger partial charge in [0.2, 0.25) is 0 Å². The van der Waals surface area contributed by atoms with E-state index in [-0.39, 0.29) is 21.5 Å². The van der Waals surface area contributed by atoms with Crippen LogP contribution in [0, 0.1) is 0 Å². The summed E-state index contributed by atoms with van der Waals surface area (Å²) in [5, 5.41) is 21.3. The van der Waals surface area contributed by atoms with Crippen LogP contribution >= 0.6 is 23.2 Å². The number of anilines is 2. The quantitative estimate of drug-likeness (QED) is 0.360. The van der Waals surface area contributed by atoms with Gasteiger partial charge in [-0.05, 0) is 37.3 Å². The molecule has 0 aliphatic carbocycles. The minimum Gasteiger partial charge on any atom is -0.490 e. The van der Waals surface area contributed by atoms with Crippen molar-refractivity contribution in [2.45, 2.75) is 18.7 Å². The van der Waals surface area contributed by atoms with Crippen molar-refractivity contribution in [1.29, 1.82) is 0 Å². The lowest BCUT2D eigenvalue weighted by Crippen LogP contribution is -2.45. The van der Waals surface area contributed by atoms with Gasteiger partial charge < -0.3 is 15.2 Å². The zero-order valence-corrected chi connectivity index (χ0v) is 16.2. The van der Waals surface area contributed by atoms with E-state index in [9.17, 15) is 23.1 Å². The molecule has 1 atom stereocenters. The molecule has 0 aliphatic rings. The Morgan fingerprint density at radius 2 is 1.83 bits per heavy atom. The summed E-state index contributed by atoms with van der Waals surface area (Å²) >= 11 is 11.6. The van der Waals surface area contributed by atoms with E-state index in [4.69, 9.17) is 33.2 Å². The van der Waals surface area contributed by atoms with Crippen LogP contribution in [0.5, 0.6) is 5.75 Å². The Hall–Kier alpha value is -2.24. The number of benzene rings is 2. The van der Waals surface area contributed by atoms with Crippen molar-refractivity contribution >= 4 is 40.5 Å². The van der Waals surface area contributed by atoms with E-state index < -0.39 is 35.5 Å². The molecule has 2 aromatic carbocycles. The highest BCUT2D eigenvalue weighted by Crippen LogP contribution is 2.36. The van der Waals surface area contributed by atoms with Crippen molar-refractivity contribution in [3.63, 3.8) is 0 Å². The number of ether oxygens (including phenoxy) is 1. The molecule has 0 fully saturated rings. The normalized spacial score (nSPS) is 13.5. The van der Waals surface area contributed by atoms with Gasteiger partial charge in [-0.1, -0.05) is 23.2 Å². The van der Waals surface area contributed by atoms with Crippen LogP contribution < -0.4 is 15.5 Å². The molecule has 0 heterocycles. The lowest BCUT2D eigenvalue weighted by Gasteiger charge is -2.23. The maximum atomic E-state index is 13.1. The van der Waals surface area contributed by atoms with Crippen molar-refractivity contribution in [2.24, 2.45) is 0 Å². The second kappa shape index (κ2) is 9.06. The minimum absolute atomic E-state index is 0.202. The van der Waals surface area contributed by atoms with Gasteiger partial charge in [-0.25, -0.2) is 10.7 Å². The highest BCUT2D eigenvalue weighted by atomic mass is 35.5. The largest absolute Gasteiger partial charge is 0.490 e. The van der Waals surface area contributed by atoms with Gasteiger partial charge in [0.1, 0.15) is 12.4 Å². The number of aliphatic hydroxyl groups is 1. The van der Waals surface area contributed by atoms with Crippen molar-refractivity contribution < 1.29 is 38.1 Å². The van der Waals surface area contributed by atoms with Gasteiger partial charge in [-0.3, -0.25) is 4.79 Å². The number of amides is 1. The molecule has 0 aliphatic heterocycles. The Balaban J connectivity index is 2.12. The van der Waals surface area contributed by atoms with Gasteiger partial charge in [-0.15, -0.1) is 4.99 Å². The summed E-state index contributed by atoms with van der Waals surface area (Å²) in [6, 6.07) is 6.95. The zero-order valence-electron chi connectivity index (χ0n) is 14.7. The fraction of sp³-hybridized carbons (Fsp3) is 0.235. The first-order valence-electron chi connectivity index (χ1n) is 7.83. The molecule has 4 N–H and O–H groups in total. The van der Waals surface area contributed by atoms with Crippen molar-refractivity contribution in [1.82, 2.24) is 0 Å². The second-order valence-corrected chi connectivity index (χ2v) is 6.86. The summed E-state index contributed by atoms with van der Waals surface area (Å²) in [5.41, 5.74) is -2.45. The molecular weight excluding hydrogens is 440 g/mol. The monoisotopic (exact) mass is 454 g/mol. The third-order valence-electron chi connectivity index (χ3n) is 3.64. The van der Waals surface area contributed by atoms with Crippen LogP contribution in [0.2, 0.25) is 10.0 Å². The highest BCUT2D eigenvalue weighted by molar-refractivity contribution is 6.42. The Bertz CT molecular complexity index is 894. The molecule has 12 heteroatoms. The summed E-state index contributed by atoms with van der Waals surface area (Å²) in [7, 11) is 0. The maximum absolute atomic E-state index is 13.1. The van der Waals surface area contributed by atoms with E-state index in [1.54, 1.807) is 5.48 Å². The van der Waals surface area contributed by atoms with Crippen LogP contribution in [0.15, 0.2) is 36.4 Å². The van der Waals surface area contributed by atoms with Crippen molar-refractivity contribution in [2.75, 3.05) is 17.4 Å². The molecule has 29 heavy (non-hydrogen) atoms. The number of halogens is 5. The first kappa shape index (κ1) is 23.0. The molecule has 0 saturated carbocycles. The number of carbonyl (C=O) groups excluding carboxylic acids is 1. The molecule has 0 spiro atoms. The standard InChI is InChI=1S/C17H15Cl2F3N2O5/c1-16(26,8-28-10-3-4-12(18)13(19)7-10)15(25)23-9-2-5-14(24-29-27)11(6-9)17(20,21)22/h2-7,24,26-27H,8H2,1H3,(H,23,25)/t16-/m1/s1. The fourth-order valence-electron chi connectivity index (χ4n) is 2.12. The van der Waals surface area contributed by atoms with Gasteiger partial charge in [0, 0.05) is 11.8 Å². The van der Waals surface area contributed by atoms with E-state index >= 15 is 0 Å². The van der Waals surface area contributed by atoms with E-state index in [1.165, 1.54) is 18.2 Å². The Kier molecular flexibility index (Phi) is 7.20. The smallest absolute Gasteiger partial charge is 0.418 e. The summed E-state index contributed by atoms with van der Waals surface area (Å²) in [5.74, 6) is -0.781. The summed E-state index contributed by atoms with van der Waals surface area (Å²) in [6.45, 7) is 0.612. The Labute approximate surface area is 172 Å². The zero-order chi connectivity index (χ0) is 21.8. The van der Waals surface area contributed by atoms with Crippen LogP contribution in [0.25, 0.3) is 0 Å². The number of alkyl halides is 3. The molecule has 7 nitrogen and oxygen atoms in total. The van der Waals surface area contributed by atoms with Gasteiger partial charge in [0.25, 0.3) is 5.91 Å². The van der Waals surface area contributed by atoms with E-state index in [0.29, 0.717) is 6.07 Å². The first-order chi connectivity index (χ1) is 13.4. The number of hydrogen-bond acceptors (Lipinski definition) is 6. The molecule has 0 aromatic heterocycles. The third-order valence-corrected chi connectivity index (χ3v) is 4.38. The summed E-state index contributed by atoms with van der Waals surface area (Å²) in [4.78, 5) is 15.8. The molecule has 0 unspecified atom stereocenters. The molecule has 0 bridgehead atoms. The maximum Gasteiger partial charge on any atom is 0.418 e. The Morgan fingerprint density at radius 1 is 1.14 bits per heavy atom. The molecule has 2 rings (SSSR count). The molecule has 0 radical (unpaired) electrons. The van der Waals surface area contributed by atoms with E-state index in [0.717, 1.165) is 19.1 Å². The van der Waals surface area contributed by atoms with Gasteiger partial charge in [0.05, 0.1) is 21.3 Å². The predicted octanol–water partition coefficient (Wildman–Crippen LogP) is 4.60. The van der Waals surface area contributed by atoms with E-state index in [2.05, 4.69) is 10.3 Å². The van der Waals surface area contributed by atoms with Crippen LogP contribution in [-0.2, 0) is 16.0 Å². The van der Waals surface area contributed by atoms with Gasteiger partial charge in [-0.2, -0.15) is 13.2 Å². The molecule has 0 saturated heterocycles. The minimum atomic E-state index is -4.80. The fourth-order valence-corrected chi connectivity index (χ4v) is 2.40. The molecule has 1 amide bonds. The van der Waals surface area contributed by atoms with Crippen LogP contribution in [0.1, 0.15) is 12.5 Å². The average Bonchev–Trinajstić information content (AvgIpc) is 2.63. The van der Waals surface area contributed by atoms with Crippen LogP contribution in [0.4, 0.5) is 24.5 Å². The van der Waals surface area contributed by atoms with Crippen LogP contribution in [-0.4, -0.2) is 28.5 Å². The highest BCUT2D eigenvalue weighted by Gasteiger charge is 2.35. The topological polar surface area (TPSA) is 100 Å². The number of carbonyl (C=O) groups is 1. The van der Waals surface area contributed by atoms with Crippen molar-refractivity contribution in [3.05, 3.63) is 52.0 Å². The first-order valence-corrected chi connectivity index (χ1v) is 8.59.